The van der Waals surface area contributed by atoms with E-state index in [1.165, 1.54) is 11.1 Å². The number of rotatable bonds is 3. The second-order valence-electron chi connectivity index (χ2n) is 3.93. The van der Waals surface area contributed by atoms with Gasteiger partial charge in [-0.05, 0) is 23.5 Å². The van der Waals surface area contributed by atoms with Gasteiger partial charge in [-0.25, -0.2) is 0 Å². The molecule has 0 aliphatic heterocycles. The van der Waals surface area contributed by atoms with Gasteiger partial charge in [0.15, 0.2) is 0 Å². The third kappa shape index (κ3) is 2.17. The third-order valence-electron chi connectivity index (χ3n) is 2.47. The van der Waals surface area contributed by atoms with Gasteiger partial charge in [0.05, 0.1) is 0 Å². The maximum Gasteiger partial charge on any atom is 0.0309 e. The fourth-order valence-electron chi connectivity index (χ4n) is 1.75. The molecule has 0 heterocycles. The molecular weight excluding hydrogens is 168 g/mol. The van der Waals surface area contributed by atoms with Gasteiger partial charge in [0, 0.05) is 5.56 Å². The summed E-state index contributed by atoms with van der Waals surface area (Å²) in [6, 6.07) is 6.39. The average molecular weight is 186 g/mol. The Balaban J connectivity index is 3.20. The zero-order valence-corrected chi connectivity index (χ0v) is 9.30. The van der Waals surface area contributed by atoms with Crippen molar-refractivity contribution in [3.8, 4) is 12.3 Å². The first-order valence-electron chi connectivity index (χ1n) is 5.29. The second-order valence-corrected chi connectivity index (χ2v) is 3.93. The maximum atomic E-state index is 5.57. The van der Waals surface area contributed by atoms with Gasteiger partial charge in [0.25, 0.3) is 0 Å². The van der Waals surface area contributed by atoms with E-state index in [0.29, 0.717) is 5.92 Å². The van der Waals surface area contributed by atoms with E-state index in [-0.39, 0.29) is 0 Å². The number of hydrogen-bond acceptors (Lipinski definition) is 0. The van der Waals surface area contributed by atoms with Crippen LogP contribution in [0.4, 0.5) is 0 Å². The van der Waals surface area contributed by atoms with Gasteiger partial charge in [0.1, 0.15) is 0 Å². The van der Waals surface area contributed by atoms with Gasteiger partial charge >= 0.3 is 0 Å². The number of aryl methyl sites for hydroxylation is 1. The van der Waals surface area contributed by atoms with Gasteiger partial charge in [-0.2, -0.15) is 0 Å². The fourth-order valence-corrected chi connectivity index (χ4v) is 1.75. The van der Waals surface area contributed by atoms with Crippen LogP contribution in [0.3, 0.4) is 0 Å². The first-order valence-corrected chi connectivity index (χ1v) is 5.29. The van der Waals surface area contributed by atoms with Crippen LogP contribution in [-0.2, 0) is 6.42 Å². The van der Waals surface area contributed by atoms with Crippen molar-refractivity contribution in [2.45, 2.75) is 39.5 Å². The summed E-state index contributed by atoms with van der Waals surface area (Å²) in [5, 5.41) is 0. The van der Waals surface area contributed by atoms with Gasteiger partial charge in [-0.1, -0.05) is 51.3 Å². The number of benzene rings is 1. The van der Waals surface area contributed by atoms with Crippen LogP contribution in [0.25, 0.3) is 0 Å². The van der Waals surface area contributed by atoms with E-state index in [9.17, 15) is 0 Å². The smallest absolute Gasteiger partial charge is 0.0309 e. The van der Waals surface area contributed by atoms with Crippen molar-refractivity contribution in [1.82, 2.24) is 0 Å². The van der Waals surface area contributed by atoms with Crippen molar-refractivity contribution < 1.29 is 0 Å². The summed E-state index contributed by atoms with van der Waals surface area (Å²) in [6.45, 7) is 6.56. The predicted octanol–water partition coefficient (Wildman–Crippen LogP) is 3.74. The lowest BCUT2D eigenvalue weighted by atomic mass is 9.92. The molecule has 0 N–H and O–H groups in total. The zero-order chi connectivity index (χ0) is 10.6. The van der Waals surface area contributed by atoms with Crippen molar-refractivity contribution in [1.29, 1.82) is 0 Å². The molecule has 14 heavy (non-hydrogen) atoms. The molecule has 0 heteroatoms. The number of hydrogen-bond donors (Lipinski definition) is 0. The van der Waals surface area contributed by atoms with Gasteiger partial charge in [-0.3, -0.25) is 0 Å². The third-order valence-corrected chi connectivity index (χ3v) is 2.47. The van der Waals surface area contributed by atoms with E-state index in [1.807, 2.05) is 0 Å². The molecule has 0 aliphatic carbocycles. The molecule has 0 amide bonds. The molecule has 0 nitrogen and oxygen atoms in total. The van der Waals surface area contributed by atoms with Crippen LogP contribution in [0.5, 0.6) is 0 Å². The lowest BCUT2D eigenvalue weighted by Gasteiger charge is -2.12. The van der Waals surface area contributed by atoms with E-state index in [0.717, 1.165) is 18.4 Å². The molecule has 0 aromatic heterocycles. The Hall–Kier alpha value is -1.22. The Morgan fingerprint density at radius 3 is 2.57 bits per heavy atom. The molecule has 0 fully saturated rings. The largest absolute Gasteiger partial charge is 0.115 e. The molecule has 0 radical (unpaired) electrons. The highest BCUT2D eigenvalue weighted by Gasteiger charge is 2.07. The minimum Gasteiger partial charge on any atom is -0.115 e. The minimum atomic E-state index is 0.512. The lowest BCUT2D eigenvalue weighted by molar-refractivity contribution is 0.849. The summed E-state index contributed by atoms with van der Waals surface area (Å²) < 4.78 is 0. The normalized spacial score (nSPS) is 10.2. The molecule has 0 spiro atoms. The Morgan fingerprint density at radius 1 is 1.36 bits per heavy atom. The summed E-state index contributed by atoms with van der Waals surface area (Å²) >= 11 is 0. The van der Waals surface area contributed by atoms with Crippen LogP contribution < -0.4 is 0 Å². The number of terminal acetylenes is 1. The molecule has 1 aromatic rings. The molecule has 0 saturated carbocycles. The molecule has 1 aromatic carbocycles. The van der Waals surface area contributed by atoms with Crippen LogP contribution in [0.1, 0.15) is 49.8 Å². The highest BCUT2D eigenvalue weighted by molar-refractivity contribution is 5.47. The Labute approximate surface area is 87.4 Å². The van der Waals surface area contributed by atoms with Crippen LogP contribution in [0, 0.1) is 12.3 Å². The maximum absolute atomic E-state index is 5.57. The fraction of sp³-hybridized carbons (Fsp3) is 0.429. The molecular formula is C14H18. The first-order chi connectivity index (χ1) is 6.70. The summed E-state index contributed by atoms with van der Waals surface area (Å²) in [5.41, 5.74) is 3.74. The first kappa shape index (κ1) is 10.9. The highest BCUT2D eigenvalue weighted by atomic mass is 14.1. The van der Waals surface area contributed by atoms with E-state index in [1.54, 1.807) is 0 Å². The topological polar surface area (TPSA) is 0 Å². The summed E-state index contributed by atoms with van der Waals surface area (Å²) in [5.74, 6) is 3.34. The van der Waals surface area contributed by atoms with Crippen LogP contribution in [0.2, 0.25) is 0 Å². The molecule has 74 valence electrons. The Kier molecular flexibility index (Phi) is 3.77. The summed E-state index contributed by atoms with van der Waals surface area (Å²) in [4.78, 5) is 0. The Morgan fingerprint density at radius 2 is 2.07 bits per heavy atom. The van der Waals surface area contributed by atoms with Crippen molar-refractivity contribution in [2.75, 3.05) is 0 Å². The van der Waals surface area contributed by atoms with Crippen LogP contribution >= 0.6 is 0 Å². The standard InChI is InChI=1S/C14H18/c1-5-8-12-9-7-10-14(11(3)4)13(12)6-2/h2,7,9-11H,5,8H2,1,3-4H3. The van der Waals surface area contributed by atoms with Gasteiger partial charge in [-0.15, -0.1) is 6.42 Å². The molecule has 0 aliphatic rings. The van der Waals surface area contributed by atoms with Crippen LogP contribution in [0.15, 0.2) is 18.2 Å². The van der Waals surface area contributed by atoms with Crippen molar-refractivity contribution in [2.24, 2.45) is 0 Å². The second kappa shape index (κ2) is 4.86. The SMILES string of the molecule is C#Cc1c(CCC)cccc1C(C)C. The predicted molar refractivity (Wildman–Crippen MR) is 62.5 cm³/mol. The Bertz CT molecular complexity index is 340. The summed E-state index contributed by atoms with van der Waals surface area (Å²) in [6.07, 6.45) is 7.80. The molecule has 0 bridgehead atoms. The van der Waals surface area contributed by atoms with E-state index < -0.39 is 0 Å². The molecule has 0 saturated heterocycles. The molecule has 0 atom stereocenters. The summed E-state index contributed by atoms with van der Waals surface area (Å²) in [7, 11) is 0. The van der Waals surface area contributed by atoms with E-state index in [4.69, 9.17) is 6.42 Å². The average Bonchev–Trinajstić information content (AvgIpc) is 2.18. The lowest BCUT2D eigenvalue weighted by Crippen LogP contribution is -1.98. The van der Waals surface area contributed by atoms with Crippen LogP contribution in [-0.4, -0.2) is 0 Å². The highest BCUT2D eigenvalue weighted by Crippen LogP contribution is 2.22. The van der Waals surface area contributed by atoms with Crippen molar-refractivity contribution >= 4 is 0 Å². The monoisotopic (exact) mass is 186 g/mol. The zero-order valence-electron chi connectivity index (χ0n) is 9.30. The van der Waals surface area contributed by atoms with E-state index >= 15 is 0 Å². The van der Waals surface area contributed by atoms with E-state index in [2.05, 4.69) is 44.9 Å². The molecule has 1 rings (SSSR count). The van der Waals surface area contributed by atoms with Crippen molar-refractivity contribution in [3.05, 3.63) is 34.9 Å². The van der Waals surface area contributed by atoms with Crippen molar-refractivity contribution in [3.63, 3.8) is 0 Å². The minimum absolute atomic E-state index is 0.512. The van der Waals surface area contributed by atoms with Gasteiger partial charge < -0.3 is 0 Å². The van der Waals surface area contributed by atoms with Gasteiger partial charge in [0.2, 0.25) is 0 Å². The quantitative estimate of drug-likeness (QED) is 0.631. The molecule has 0 unspecified atom stereocenters.